The molecule has 0 unspecified atom stereocenters. The van der Waals surface area contributed by atoms with Crippen molar-refractivity contribution in [1.82, 2.24) is 45.7 Å². The van der Waals surface area contributed by atoms with Crippen LogP contribution in [-0.4, -0.2) is 103 Å². The number of carbonyl (C=O) groups is 3. The zero-order chi connectivity index (χ0) is 28.6. The number of piperazine rings is 1. The van der Waals surface area contributed by atoms with E-state index in [1.807, 2.05) is 30.3 Å². The molecule has 1 aliphatic heterocycles. The maximum Gasteiger partial charge on any atom is 0.409 e. The van der Waals surface area contributed by atoms with Crippen molar-refractivity contribution in [2.24, 2.45) is 0 Å². The number of aromatic nitrogens is 6. The van der Waals surface area contributed by atoms with Crippen LogP contribution in [0, 0.1) is 0 Å². The fraction of sp³-hybridized carbons (Fsp3) is 0.481. The van der Waals surface area contributed by atoms with Gasteiger partial charge < -0.3 is 24.6 Å². The fourth-order valence-electron chi connectivity index (χ4n) is 4.92. The normalized spacial score (nSPS) is 16.3. The number of ether oxygens (including phenoxy) is 2. The lowest BCUT2D eigenvalue weighted by Gasteiger charge is -2.35. The van der Waals surface area contributed by atoms with Crippen LogP contribution in [0.25, 0.3) is 11.4 Å². The number of tetrazole rings is 1. The maximum absolute atomic E-state index is 13.6. The number of rotatable bonds is 9. The van der Waals surface area contributed by atoms with Crippen molar-refractivity contribution in [3.05, 3.63) is 47.9 Å². The smallest absolute Gasteiger partial charge is 0.409 e. The largest absolute Gasteiger partial charge is 0.474 e. The molecule has 3 amide bonds. The van der Waals surface area contributed by atoms with E-state index in [4.69, 9.17) is 9.47 Å². The summed E-state index contributed by atoms with van der Waals surface area (Å²) in [5.41, 5.74) is 0.808. The van der Waals surface area contributed by atoms with Crippen molar-refractivity contribution >= 4 is 17.9 Å². The number of benzene rings is 1. The monoisotopic (exact) mass is 563 g/mol. The first-order chi connectivity index (χ1) is 20.0. The molecular formula is C27H33N9O5. The van der Waals surface area contributed by atoms with Gasteiger partial charge in [0, 0.05) is 44.2 Å². The summed E-state index contributed by atoms with van der Waals surface area (Å²) in [5.74, 6) is 0.0421. The lowest BCUT2D eigenvalue weighted by atomic mass is 10.1. The molecule has 1 saturated carbocycles. The molecule has 14 heteroatoms. The van der Waals surface area contributed by atoms with E-state index in [0.717, 1.165) is 31.2 Å². The van der Waals surface area contributed by atoms with Gasteiger partial charge in [0.2, 0.25) is 11.8 Å². The molecule has 3 aromatic rings. The molecule has 2 N–H and O–H groups in total. The van der Waals surface area contributed by atoms with E-state index in [-0.39, 0.29) is 36.6 Å². The van der Waals surface area contributed by atoms with E-state index < -0.39 is 18.0 Å². The molecule has 14 nitrogen and oxygen atoms in total. The van der Waals surface area contributed by atoms with Crippen molar-refractivity contribution in [1.29, 1.82) is 0 Å². The van der Waals surface area contributed by atoms with Gasteiger partial charge in [0.15, 0.2) is 11.6 Å². The summed E-state index contributed by atoms with van der Waals surface area (Å²) in [6.07, 6.45) is 3.66. The first kappa shape index (κ1) is 27.9. The Labute approximate surface area is 236 Å². The SMILES string of the molecule is CCOC(=O)N1CCN(C(=O)[C@H](Cc2nn[nH]n2)NC(=O)c2cc(OC3CCCC3)nc(-c3ccccc3)n2)CC1. The highest BCUT2D eigenvalue weighted by Gasteiger charge is 2.32. The van der Waals surface area contributed by atoms with E-state index in [9.17, 15) is 14.4 Å². The van der Waals surface area contributed by atoms with Gasteiger partial charge in [0.25, 0.3) is 5.91 Å². The van der Waals surface area contributed by atoms with E-state index >= 15 is 0 Å². The van der Waals surface area contributed by atoms with Crippen LogP contribution < -0.4 is 10.1 Å². The van der Waals surface area contributed by atoms with E-state index in [2.05, 4.69) is 35.9 Å². The predicted octanol–water partition coefficient (Wildman–Crippen LogP) is 1.62. The number of hydrogen-bond donors (Lipinski definition) is 2. The van der Waals surface area contributed by atoms with Crippen molar-refractivity contribution in [3.63, 3.8) is 0 Å². The maximum atomic E-state index is 13.6. The molecule has 0 spiro atoms. The first-order valence-electron chi connectivity index (χ1n) is 13.8. The zero-order valence-electron chi connectivity index (χ0n) is 22.9. The van der Waals surface area contributed by atoms with Crippen molar-refractivity contribution < 1.29 is 23.9 Å². The molecular weight excluding hydrogens is 530 g/mol. The Kier molecular flexibility index (Phi) is 8.96. The molecule has 216 valence electrons. The van der Waals surface area contributed by atoms with E-state index in [1.54, 1.807) is 16.7 Å². The molecule has 0 bridgehead atoms. The minimum Gasteiger partial charge on any atom is -0.474 e. The number of H-pyrrole nitrogens is 1. The van der Waals surface area contributed by atoms with Crippen molar-refractivity contribution in [3.8, 4) is 17.3 Å². The van der Waals surface area contributed by atoms with Crippen LogP contribution in [0.3, 0.4) is 0 Å². The topological polar surface area (TPSA) is 168 Å². The summed E-state index contributed by atoms with van der Waals surface area (Å²) in [7, 11) is 0. The van der Waals surface area contributed by atoms with Crippen LogP contribution >= 0.6 is 0 Å². The average Bonchev–Trinajstić information content (AvgIpc) is 3.72. The van der Waals surface area contributed by atoms with Crippen LogP contribution in [0.5, 0.6) is 5.88 Å². The Morgan fingerprint density at radius 1 is 1.05 bits per heavy atom. The molecule has 0 radical (unpaired) electrons. The lowest BCUT2D eigenvalue weighted by molar-refractivity contribution is -0.134. The summed E-state index contributed by atoms with van der Waals surface area (Å²) in [5, 5.41) is 16.7. The van der Waals surface area contributed by atoms with Crippen LogP contribution in [-0.2, 0) is 16.0 Å². The summed E-state index contributed by atoms with van der Waals surface area (Å²) in [6, 6.07) is 9.84. The summed E-state index contributed by atoms with van der Waals surface area (Å²) < 4.78 is 11.2. The number of nitrogens with zero attached hydrogens (tertiary/aromatic N) is 7. The molecule has 1 saturated heterocycles. The highest BCUT2D eigenvalue weighted by molar-refractivity contribution is 5.96. The second-order valence-corrected chi connectivity index (χ2v) is 9.87. The van der Waals surface area contributed by atoms with Gasteiger partial charge in [-0.3, -0.25) is 9.59 Å². The quantitative estimate of drug-likeness (QED) is 0.390. The van der Waals surface area contributed by atoms with Crippen LogP contribution in [0.2, 0.25) is 0 Å². The van der Waals surface area contributed by atoms with Gasteiger partial charge in [-0.05, 0) is 32.6 Å². The minimum atomic E-state index is -0.997. The summed E-state index contributed by atoms with van der Waals surface area (Å²) in [4.78, 5) is 51.5. The Balaban J connectivity index is 1.35. The standard InChI is InChI=1S/C27H33N9O5/c1-2-40-27(39)36-14-12-35(13-15-36)26(38)21(16-22-31-33-34-32-22)29-25(37)20-17-23(41-19-10-6-7-11-19)30-24(28-20)18-8-4-3-5-9-18/h3-5,8-9,17,19,21H,2,6-7,10-16H2,1H3,(H,29,37)(H,31,32,33,34)/t21-/m0/s1. The zero-order valence-corrected chi connectivity index (χ0v) is 22.9. The molecule has 2 fully saturated rings. The van der Waals surface area contributed by atoms with Crippen LogP contribution in [0.15, 0.2) is 36.4 Å². The second-order valence-electron chi connectivity index (χ2n) is 9.87. The molecule has 41 heavy (non-hydrogen) atoms. The summed E-state index contributed by atoms with van der Waals surface area (Å²) >= 11 is 0. The predicted molar refractivity (Wildman–Crippen MR) is 145 cm³/mol. The van der Waals surface area contributed by atoms with E-state index in [0.29, 0.717) is 37.9 Å². The van der Waals surface area contributed by atoms with Gasteiger partial charge in [-0.15, -0.1) is 10.2 Å². The Morgan fingerprint density at radius 3 is 2.46 bits per heavy atom. The van der Waals surface area contributed by atoms with Crippen molar-refractivity contribution in [2.45, 2.75) is 51.2 Å². The third kappa shape index (κ3) is 7.13. The molecule has 5 rings (SSSR count). The molecule has 1 atom stereocenters. The lowest BCUT2D eigenvalue weighted by Crippen LogP contribution is -2.56. The summed E-state index contributed by atoms with van der Waals surface area (Å²) in [6.45, 7) is 3.25. The number of hydrogen-bond acceptors (Lipinski definition) is 10. The number of carbonyl (C=O) groups excluding carboxylic acids is 3. The molecule has 3 heterocycles. The molecule has 2 aliphatic rings. The van der Waals surface area contributed by atoms with Gasteiger partial charge in [-0.1, -0.05) is 35.5 Å². The number of aromatic amines is 1. The van der Waals surface area contributed by atoms with Gasteiger partial charge in [-0.2, -0.15) is 10.2 Å². The molecule has 1 aliphatic carbocycles. The van der Waals surface area contributed by atoms with Crippen molar-refractivity contribution in [2.75, 3.05) is 32.8 Å². The Bertz CT molecular complexity index is 1320. The minimum absolute atomic E-state index is 0.0151. The highest BCUT2D eigenvalue weighted by Crippen LogP contribution is 2.25. The fourth-order valence-corrected chi connectivity index (χ4v) is 4.92. The van der Waals surface area contributed by atoms with Crippen LogP contribution in [0.1, 0.15) is 48.9 Å². The Hall–Kier alpha value is -4.62. The van der Waals surface area contributed by atoms with Gasteiger partial charge in [-0.25, -0.2) is 9.78 Å². The number of nitrogens with one attached hydrogen (secondary N) is 2. The third-order valence-corrected chi connectivity index (χ3v) is 7.05. The highest BCUT2D eigenvalue weighted by atomic mass is 16.6. The van der Waals surface area contributed by atoms with Gasteiger partial charge >= 0.3 is 6.09 Å². The van der Waals surface area contributed by atoms with Crippen LogP contribution in [0.4, 0.5) is 4.79 Å². The number of amides is 3. The molecule has 2 aromatic heterocycles. The second kappa shape index (κ2) is 13.2. The van der Waals surface area contributed by atoms with E-state index in [1.165, 1.54) is 6.07 Å². The van der Waals surface area contributed by atoms with Gasteiger partial charge in [0.1, 0.15) is 17.8 Å². The first-order valence-corrected chi connectivity index (χ1v) is 13.8. The van der Waals surface area contributed by atoms with Gasteiger partial charge in [0.05, 0.1) is 6.61 Å². The average molecular weight is 564 g/mol. The Morgan fingerprint density at radius 2 is 1.78 bits per heavy atom. The third-order valence-electron chi connectivity index (χ3n) is 7.05. The molecule has 1 aromatic carbocycles.